The van der Waals surface area contributed by atoms with E-state index in [0.29, 0.717) is 23.9 Å². The maximum atomic E-state index is 6.06. The molecule has 0 aromatic carbocycles. The van der Waals surface area contributed by atoms with Crippen molar-refractivity contribution in [3.05, 3.63) is 35.1 Å². The van der Waals surface area contributed by atoms with E-state index >= 15 is 0 Å². The van der Waals surface area contributed by atoms with Crippen LogP contribution in [-0.4, -0.2) is 16.6 Å². The first kappa shape index (κ1) is 13.2. The highest BCUT2D eigenvalue weighted by atomic mass is 35.5. The van der Waals surface area contributed by atoms with Crippen LogP contribution in [0.1, 0.15) is 30.5 Å². The van der Waals surface area contributed by atoms with Crippen molar-refractivity contribution in [2.75, 3.05) is 17.7 Å². The van der Waals surface area contributed by atoms with Crippen molar-refractivity contribution in [2.45, 2.75) is 25.5 Å². The molecule has 3 rings (SSSR count). The Kier molecular flexibility index (Phi) is 3.75. The first-order chi connectivity index (χ1) is 9.74. The molecule has 1 saturated heterocycles. The molecule has 3 N–H and O–H groups in total. The van der Waals surface area contributed by atoms with Crippen molar-refractivity contribution in [1.29, 1.82) is 0 Å². The van der Waals surface area contributed by atoms with E-state index in [1.54, 1.807) is 6.26 Å². The molecule has 1 unspecified atom stereocenters. The number of nitrogens with two attached hydrogens (primary N) is 1. The predicted molar refractivity (Wildman–Crippen MR) is 75.4 cm³/mol. The summed E-state index contributed by atoms with van der Waals surface area (Å²) in [5, 5.41) is 3.35. The third-order valence-corrected chi connectivity index (χ3v) is 3.43. The van der Waals surface area contributed by atoms with Crippen LogP contribution in [0.15, 0.2) is 22.8 Å². The average Bonchev–Trinajstić information content (AvgIpc) is 3.12. The molecule has 0 bridgehead atoms. The Morgan fingerprint density at radius 3 is 3.05 bits per heavy atom. The van der Waals surface area contributed by atoms with Gasteiger partial charge < -0.3 is 20.2 Å². The number of furan rings is 1. The van der Waals surface area contributed by atoms with Gasteiger partial charge in [0.25, 0.3) is 0 Å². The van der Waals surface area contributed by atoms with E-state index in [1.807, 2.05) is 12.1 Å². The van der Waals surface area contributed by atoms with Crippen molar-refractivity contribution in [3.63, 3.8) is 0 Å². The minimum absolute atomic E-state index is 0.0998. The number of halogens is 1. The molecule has 0 radical (unpaired) electrons. The van der Waals surface area contributed by atoms with Gasteiger partial charge in [0.05, 0.1) is 12.8 Å². The predicted octanol–water partition coefficient (Wildman–Crippen LogP) is 2.77. The molecular formula is C13H15ClN4O2. The Labute approximate surface area is 121 Å². The van der Waals surface area contributed by atoms with Crippen molar-refractivity contribution in [3.8, 4) is 0 Å². The van der Waals surface area contributed by atoms with E-state index in [2.05, 4.69) is 15.3 Å². The molecule has 1 aliphatic heterocycles. The van der Waals surface area contributed by atoms with Crippen LogP contribution in [0.25, 0.3) is 0 Å². The minimum atomic E-state index is -0.0998. The highest BCUT2D eigenvalue weighted by Crippen LogP contribution is 2.31. The summed E-state index contributed by atoms with van der Waals surface area (Å²) in [4.78, 5) is 8.62. The number of anilines is 2. The van der Waals surface area contributed by atoms with Crippen molar-refractivity contribution < 1.29 is 9.15 Å². The zero-order valence-electron chi connectivity index (χ0n) is 10.8. The van der Waals surface area contributed by atoms with E-state index in [0.717, 1.165) is 25.2 Å². The maximum Gasteiger partial charge on any atom is 0.161 e. The van der Waals surface area contributed by atoms with E-state index in [1.165, 1.54) is 0 Å². The molecule has 0 saturated carbocycles. The van der Waals surface area contributed by atoms with E-state index in [4.69, 9.17) is 26.5 Å². The largest absolute Gasteiger partial charge is 0.467 e. The van der Waals surface area contributed by atoms with Gasteiger partial charge in [0.15, 0.2) is 16.8 Å². The third kappa shape index (κ3) is 2.71. The molecule has 1 atom stereocenters. The number of hydrogen-bond acceptors (Lipinski definition) is 6. The molecule has 0 aliphatic carbocycles. The summed E-state index contributed by atoms with van der Waals surface area (Å²) in [5.74, 6) is 1.87. The van der Waals surface area contributed by atoms with Gasteiger partial charge in [-0.05, 0) is 25.0 Å². The number of ether oxygens (including phenoxy) is 1. The average molecular weight is 295 g/mol. The third-order valence-electron chi connectivity index (χ3n) is 3.14. The van der Waals surface area contributed by atoms with Crippen LogP contribution in [0, 0.1) is 0 Å². The smallest absolute Gasteiger partial charge is 0.161 e. The van der Waals surface area contributed by atoms with Crippen LogP contribution >= 0.6 is 11.6 Å². The van der Waals surface area contributed by atoms with Gasteiger partial charge in [-0.2, -0.15) is 0 Å². The Morgan fingerprint density at radius 2 is 2.35 bits per heavy atom. The van der Waals surface area contributed by atoms with Gasteiger partial charge in [0.2, 0.25) is 0 Å². The Morgan fingerprint density at radius 1 is 1.45 bits per heavy atom. The fraction of sp³-hybridized carbons (Fsp3) is 0.385. The number of rotatable bonds is 4. The second-order valence-electron chi connectivity index (χ2n) is 4.57. The zero-order chi connectivity index (χ0) is 13.9. The SMILES string of the molecule is Nc1c(Cl)nc(C2CCCO2)nc1NCc1ccco1. The van der Waals surface area contributed by atoms with E-state index in [9.17, 15) is 0 Å². The number of aromatic nitrogens is 2. The molecule has 6 nitrogen and oxygen atoms in total. The van der Waals surface area contributed by atoms with Gasteiger partial charge in [-0.15, -0.1) is 0 Å². The molecule has 7 heteroatoms. The molecule has 1 aliphatic rings. The summed E-state index contributed by atoms with van der Waals surface area (Å²) in [6, 6.07) is 3.69. The highest BCUT2D eigenvalue weighted by Gasteiger charge is 2.23. The maximum absolute atomic E-state index is 6.06. The fourth-order valence-electron chi connectivity index (χ4n) is 2.10. The lowest BCUT2D eigenvalue weighted by molar-refractivity contribution is 0.105. The van der Waals surface area contributed by atoms with Crippen LogP contribution in [0.2, 0.25) is 5.15 Å². The van der Waals surface area contributed by atoms with Crippen molar-refractivity contribution in [1.82, 2.24) is 9.97 Å². The van der Waals surface area contributed by atoms with Gasteiger partial charge in [-0.25, -0.2) is 9.97 Å². The van der Waals surface area contributed by atoms with Crippen LogP contribution in [0.4, 0.5) is 11.5 Å². The molecular weight excluding hydrogens is 280 g/mol. The normalized spacial score (nSPS) is 18.4. The monoisotopic (exact) mass is 294 g/mol. The Hall–Kier alpha value is -1.79. The number of nitrogens with zero attached hydrogens (tertiary/aromatic N) is 2. The first-order valence-electron chi connectivity index (χ1n) is 6.45. The second-order valence-corrected chi connectivity index (χ2v) is 4.93. The Balaban J connectivity index is 1.81. The zero-order valence-corrected chi connectivity index (χ0v) is 11.6. The standard InChI is InChI=1S/C13H15ClN4O2/c14-11-10(15)13(16-7-8-3-1-5-19-8)18-12(17-11)9-4-2-6-20-9/h1,3,5,9H,2,4,6-7,15H2,(H,16,17,18). The van der Waals surface area contributed by atoms with Gasteiger partial charge >= 0.3 is 0 Å². The summed E-state index contributed by atoms with van der Waals surface area (Å²) in [6.07, 6.45) is 3.42. The minimum Gasteiger partial charge on any atom is -0.467 e. The van der Waals surface area contributed by atoms with Gasteiger partial charge in [-0.1, -0.05) is 11.6 Å². The van der Waals surface area contributed by atoms with Crippen LogP contribution in [-0.2, 0) is 11.3 Å². The summed E-state index contributed by atoms with van der Waals surface area (Å²) in [7, 11) is 0. The summed E-state index contributed by atoms with van der Waals surface area (Å²) < 4.78 is 10.8. The number of hydrogen-bond donors (Lipinski definition) is 2. The highest BCUT2D eigenvalue weighted by molar-refractivity contribution is 6.32. The molecule has 0 spiro atoms. The lowest BCUT2D eigenvalue weighted by Gasteiger charge is -2.13. The van der Waals surface area contributed by atoms with Crippen LogP contribution in [0.3, 0.4) is 0 Å². The molecule has 2 aromatic heterocycles. The van der Waals surface area contributed by atoms with Crippen LogP contribution in [0.5, 0.6) is 0 Å². The lowest BCUT2D eigenvalue weighted by Crippen LogP contribution is -2.10. The summed E-state index contributed by atoms with van der Waals surface area (Å²) in [6.45, 7) is 1.21. The quantitative estimate of drug-likeness (QED) is 0.843. The summed E-state index contributed by atoms with van der Waals surface area (Å²) in [5.41, 5.74) is 6.23. The number of nitrogen functional groups attached to an aromatic ring is 1. The van der Waals surface area contributed by atoms with E-state index < -0.39 is 0 Å². The molecule has 20 heavy (non-hydrogen) atoms. The van der Waals surface area contributed by atoms with Gasteiger partial charge in [0, 0.05) is 6.61 Å². The topological polar surface area (TPSA) is 86.2 Å². The fourth-order valence-corrected chi connectivity index (χ4v) is 2.28. The second kappa shape index (κ2) is 5.68. The Bertz CT molecular complexity index is 582. The molecule has 106 valence electrons. The number of nitrogens with one attached hydrogen (secondary N) is 1. The van der Waals surface area contributed by atoms with Crippen molar-refractivity contribution in [2.24, 2.45) is 0 Å². The molecule has 2 aromatic rings. The molecule has 3 heterocycles. The molecule has 1 fully saturated rings. The molecule has 0 amide bonds. The van der Waals surface area contributed by atoms with Gasteiger partial charge in [0.1, 0.15) is 17.6 Å². The summed E-state index contributed by atoms with van der Waals surface area (Å²) >= 11 is 6.06. The first-order valence-corrected chi connectivity index (χ1v) is 6.82. The lowest BCUT2D eigenvalue weighted by atomic mass is 10.2. The van der Waals surface area contributed by atoms with Crippen molar-refractivity contribution >= 4 is 23.1 Å². The van der Waals surface area contributed by atoms with E-state index in [-0.39, 0.29) is 11.3 Å². The van der Waals surface area contributed by atoms with Gasteiger partial charge in [-0.3, -0.25) is 0 Å². The van der Waals surface area contributed by atoms with Crippen LogP contribution < -0.4 is 11.1 Å².